The molecule has 4 aromatic rings. The number of amides is 1. The summed E-state index contributed by atoms with van der Waals surface area (Å²) in [5.74, 6) is 0.406. The molecule has 164 valence electrons. The van der Waals surface area contributed by atoms with Gasteiger partial charge in [-0.3, -0.25) is 4.90 Å². The maximum Gasteiger partial charge on any atom is 0.407 e. The van der Waals surface area contributed by atoms with Crippen LogP contribution in [0.3, 0.4) is 0 Å². The summed E-state index contributed by atoms with van der Waals surface area (Å²) in [4.78, 5) is 28.3. The SMILES string of the molecule is Cc1nc2c(F)cc(-c3ncc4cc(N5C[C@@H](C)N(C(=O)O)[C@@H](C)C5)ccc4n3)cn2n1. The van der Waals surface area contributed by atoms with Crippen molar-refractivity contribution in [3.8, 4) is 11.4 Å². The zero-order chi connectivity index (χ0) is 22.6. The molecule has 32 heavy (non-hydrogen) atoms. The fourth-order valence-corrected chi connectivity index (χ4v) is 4.44. The lowest BCUT2D eigenvalue weighted by molar-refractivity contribution is 0.0983. The molecule has 5 rings (SSSR count). The minimum absolute atomic E-state index is 0.115. The third kappa shape index (κ3) is 3.37. The Morgan fingerprint density at radius 1 is 1.16 bits per heavy atom. The Kier molecular flexibility index (Phi) is 4.65. The average Bonchev–Trinajstić information content (AvgIpc) is 3.13. The quantitative estimate of drug-likeness (QED) is 0.515. The van der Waals surface area contributed by atoms with Crippen LogP contribution in [0, 0.1) is 12.7 Å². The van der Waals surface area contributed by atoms with Gasteiger partial charge in [0, 0.05) is 42.1 Å². The molecule has 4 heterocycles. The van der Waals surface area contributed by atoms with Gasteiger partial charge in [0.05, 0.1) is 17.6 Å². The van der Waals surface area contributed by atoms with Gasteiger partial charge in [-0.1, -0.05) is 0 Å². The zero-order valence-electron chi connectivity index (χ0n) is 17.9. The van der Waals surface area contributed by atoms with Crippen molar-refractivity contribution in [2.75, 3.05) is 18.0 Å². The molecule has 1 amide bonds. The lowest BCUT2D eigenvalue weighted by Crippen LogP contribution is -2.58. The number of carbonyl (C=O) groups is 1. The third-order valence-electron chi connectivity index (χ3n) is 5.82. The fraction of sp³-hybridized carbons (Fsp3) is 0.318. The van der Waals surface area contributed by atoms with Crippen molar-refractivity contribution in [3.05, 3.63) is 48.3 Å². The van der Waals surface area contributed by atoms with E-state index in [-0.39, 0.29) is 17.7 Å². The number of fused-ring (bicyclic) bond motifs is 2. The monoisotopic (exact) mass is 435 g/mol. The van der Waals surface area contributed by atoms with E-state index in [1.165, 1.54) is 15.5 Å². The molecule has 0 unspecified atom stereocenters. The van der Waals surface area contributed by atoms with E-state index in [4.69, 9.17) is 0 Å². The molecule has 3 aromatic heterocycles. The second-order valence-electron chi connectivity index (χ2n) is 8.23. The molecule has 1 aliphatic rings. The van der Waals surface area contributed by atoms with Crippen LogP contribution in [0.15, 0.2) is 36.7 Å². The van der Waals surface area contributed by atoms with Crippen LogP contribution < -0.4 is 4.90 Å². The number of carboxylic acid groups (broad SMARTS) is 1. The maximum absolute atomic E-state index is 14.4. The van der Waals surface area contributed by atoms with Crippen LogP contribution in [-0.2, 0) is 0 Å². The molecular weight excluding hydrogens is 413 g/mol. The second kappa shape index (κ2) is 7.40. The van der Waals surface area contributed by atoms with Gasteiger partial charge in [-0.25, -0.2) is 28.7 Å². The Morgan fingerprint density at radius 2 is 1.91 bits per heavy atom. The molecule has 10 heteroatoms. The first-order valence-electron chi connectivity index (χ1n) is 10.4. The Labute approximate surface area is 183 Å². The topological polar surface area (TPSA) is 99.8 Å². The van der Waals surface area contributed by atoms with Crippen molar-refractivity contribution >= 4 is 28.3 Å². The molecule has 1 fully saturated rings. The number of hydrogen-bond donors (Lipinski definition) is 1. The van der Waals surface area contributed by atoms with Gasteiger partial charge in [-0.15, -0.1) is 0 Å². The van der Waals surface area contributed by atoms with E-state index in [9.17, 15) is 14.3 Å². The summed E-state index contributed by atoms with van der Waals surface area (Å²) in [5, 5.41) is 14.5. The lowest BCUT2D eigenvalue weighted by atomic mass is 10.1. The minimum atomic E-state index is -0.889. The van der Waals surface area contributed by atoms with Gasteiger partial charge in [-0.2, -0.15) is 5.10 Å². The molecule has 0 radical (unpaired) electrons. The van der Waals surface area contributed by atoms with Crippen molar-refractivity contribution < 1.29 is 14.3 Å². The molecule has 1 N–H and O–H groups in total. The van der Waals surface area contributed by atoms with Crippen LogP contribution in [0.1, 0.15) is 19.7 Å². The average molecular weight is 435 g/mol. The van der Waals surface area contributed by atoms with Crippen molar-refractivity contribution in [2.45, 2.75) is 32.9 Å². The van der Waals surface area contributed by atoms with Crippen molar-refractivity contribution in [1.29, 1.82) is 0 Å². The van der Waals surface area contributed by atoms with E-state index < -0.39 is 11.9 Å². The van der Waals surface area contributed by atoms with Crippen molar-refractivity contribution in [2.24, 2.45) is 0 Å². The highest BCUT2D eigenvalue weighted by Gasteiger charge is 2.32. The Morgan fingerprint density at radius 3 is 2.62 bits per heavy atom. The molecule has 1 aliphatic heterocycles. The largest absolute Gasteiger partial charge is 0.465 e. The summed E-state index contributed by atoms with van der Waals surface area (Å²) in [6.45, 7) is 6.76. The normalized spacial score (nSPS) is 19.1. The number of piperazine rings is 1. The second-order valence-corrected chi connectivity index (χ2v) is 8.23. The number of hydrogen-bond acceptors (Lipinski definition) is 6. The fourth-order valence-electron chi connectivity index (χ4n) is 4.44. The van der Waals surface area contributed by atoms with Crippen LogP contribution in [-0.4, -0.2) is 65.8 Å². The van der Waals surface area contributed by atoms with E-state index in [1.807, 2.05) is 32.0 Å². The molecular formula is C22H22FN7O2. The van der Waals surface area contributed by atoms with Crippen LogP contribution in [0.2, 0.25) is 0 Å². The Bertz CT molecular complexity index is 1340. The summed E-state index contributed by atoms with van der Waals surface area (Å²) in [5.41, 5.74) is 2.41. The highest BCUT2D eigenvalue weighted by molar-refractivity contribution is 5.83. The third-order valence-corrected chi connectivity index (χ3v) is 5.82. The highest BCUT2D eigenvalue weighted by atomic mass is 19.1. The van der Waals surface area contributed by atoms with Gasteiger partial charge in [0.1, 0.15) is 5.82 Å². The van der Waals surface area contributed by atoms with E-state index in [0.717, 1.165) is 16.6 Å². The van der Waals surface area contributed by atoms with E-state index in [0.29, 0.717) is 30.3 Å². The van der Waals surface area contributed by atoms with Gasteiger partial charge in [-0.05, 0) is 45.0 Å². The Balaban J connectivity index is 1.46. The lowest BCUT2D eigenvalue weighted by Gasteiger charge is -2.43. The first-order valence-corrected chi connectivity index (χ1v) is 10.4. The van der Waals surface area contributed by atoms with Gasteiger partial charge < -0.3 is 10.0 Å². The molecule has 0 aliphatic carbocycles. The number of nitrogens with zero attached hydrogens (tertiary/aromatic N) is 7. The molecule has 0 bridgehead atoms. The number of benzene rings is 1. The number of halogens is 1. The number of rotatable bonds is 2. The number of anilines is 1. The van der Waals surface area contributed by atoms with Gasteiger partial charge in [0.25, 0.3) is 0 Å². The van der Waals surface area contributed by atoms with E-state index in [1.54, 1.807) is 19.3 Å². The van der Waals surface area contributed by atoms with Crippen LogP contribution in [0.4, 0.5) is 14.9 Å². The smallest absolute Gasteiger partial charge is 0.407 e. The van der Waals surface area contributed by atoms with E-state index in [2.05, 4.69) is 25.0 Å². The van der Waals surface area contributed by atoms with Gasteiger partial charge >= 0.3 is 6.09 Å². The maximum atomic E-state index is 14.4. The molecule has 1 aromatic carbocycles. The summed E-state index contributed by atoms with van der Waals surface area (Å²) < 4.78 is 15.8. The van der Waals surface area contributed by atoms with Crippen LogP contribution in [0.5, 0.6) is 0 Å². The standard InChI is InChI=1S/C22H22FN7O2/c1-12-9-28(10-13(2)30(12)22(31)32)17-4-5-19-15(6-17)8-24-20(26-19)16-7-18(23)21-25-14(3)27-29(21)11-16/h4-8,11-13H,9-10H2,1-3H3,(H,31,32)/t12-,13+. The van der Waals surface area contributed by atoms with Crippen LogP contribution in [0.25, 0.3) is 27.9 Å². The number of pyridine rings is 1. The zero-order valence-corrected chi connectivity index (χ0v) is 17.9. The Hall–Kier alpha value is -3.82. The first kappa shape index (κ1) is 20.1. The molecule has 2 atom stereocenters. The summed E-state index contributed by atoms with van der Waals surface area (Å²) in [6.07, 6.45) is 2.49. The van der Waals surface area contributed by atoms with Crippen molar-refractivity contribution in [3.63, 3.8) is 0 Å². The predicted molar refractivity (Wildman–Crippen MR) is 117 cm³/mol. The van der Waals surface area contributed by atoms with Crippen LogP contribution >= 0.6 is 0 Å². The number of aromatic nitrogens is 5. The number of aryl methyl sites for hydroxylation is 1. The molecule has 0 saturated carbocycles. The highest BCUT2D eigenvalue weighted by Crippen LogP contribution is 2.27. The summed E-state index contributed by atoms with van der Waals surface area (Å²) >= 11 is 0. The minimum Gasteiger partial charge on any atom is -0.465 e. The van der Waals surface area contributed by atoms with Crippen molar-refractivity contribution in [1.82, 2.24) is 29.5 Å². The van der Waals surface area contributed by atoms with Gasteiger partial charge in [0.2, 0.25) is 0 Å². The predicted octanol–water partition coefficient (Wildman–Crippen LogP) is 3.36. The summed E-state index contributed by atoms with van der Waals surface area (Å²) in [6, 6.07) is 7.01. The van der Waals surface area contributed by atoms with E-state index >= 15 is 0 Å². The van der Waals surface area contributed by atoms with Gasteiger partial charge in [0.15, 0.2) is 17.3 Å². The summed E-state index contributed by atoms with van der Waals surface area (Å²) in [7, 11) is 0. The molecule has 9 nitrogen and oxygen atoms in total. The molecule has 0 spiro atoms. The molecule has 1 saturated heterocycles. The first-order chi connectivity index (χ1) is 15.3.